The average Bonchev–Trinajstić information content (AvgIpc) is 2.97. The van der Waals surface area contributed by atoms with Crippen LogP contribution in [-0.2, 0) is 0 Å². The molecule has 1 aliphatic rings. The van der Waals surface area contributed by atoms with Gasteiger partial charge in [-0.1, -0.05) is 0 Å². The molecule has 0 spiro atoms. The van der Waals surface area contributed by atoms with E-state index in [1.165, 1.54) is 12.8 Å². The van der Waals surface area contributed by atoms with E-state index >= 15 is 0 Å². The van der Waals surface area contributed by atoms with Crippen LogP contribution >= 0.6 is 40.7 Å². The molecule has 1 atom stereocenters. The number of halogens is 3. The molecule has 24 heavy (non-hydrogen) atoms. The van der Waals surface area contributed by atoms with E-state index in [1.54, 1.807) is 0 Å². The van der Waals surface area contributed by atoms with Crippen LogP contribution in [0, 0.1) is 5.92 Å². The van der Waals surface area contributed by atoms with Crippen LogP contribution < -0.4 is 16.4 Å². The van der Waals surface area contributed by atoms with Crippen LogP contribution in [0.3, 0.4) is 0 Å². The van der Waals surface area contributed by atoms with Crippen LogP contribution in [0.25, 0.3) is 11.5 Å². The predicted octanol–water partition coefficient (Wildman–Crippen LogP) is 3.44. The largest absolute Gasteiger partial charge is 0.434 e. The number of hydrogen-bond donors (Lipinski definition) is 3. The molecule has 0 bridgehead atoms. The lowest BCUT2D eigenvalue weighted by molar-refractivity contribution is 0.343. The van der Waals surface area contributed by atoms with Crippen LogP contribution in [-0.4, -0.2) is 29.3 Å². The monoisotopic (exact) mass is 438 g/mol. The number of piperidine rings is 1. The van der Waals surface area contributed by atoms with E-state index in [-0.39, 0.29) is 24.8 Å². The third kappa shape index (κ3) is 4.99. The fourth-order valence-corrected chi connectivity index (χ4v) is 3.19. The smallest absolute Gasteiger partial charge is 0.388 e. The molecule has 0 radical (unpaired) electrons. The number of nitrogens with zero attached hydrogens (tertiary/aromatic N) is 1. The van der Waals surface area contributed by atoms with Gasteiger partial charge in [0.1, 0.15) is 0 Å². The minimum Gasteiger partial charge on any atom is -0.388 e. The molecular weight excluding hydrogens is 419 g/mol. The van der Waals surface area contributed by atoms with Crippen LogP contribution in [0.2, 0.25) is 0 Å². The van der Waals surface area contributed by atoms with Gasteiger partial charge in [-0.2, -0.15) is 0 Å². The van der Waals surface area contributed by atoms with Gasteiger partial charge in [0.15, 0.2) is 0 Å². The third-order valence-electron chi connectivity index (χ3n) is 4.13. The van der Waals surface area contributed by atoms with Crippen molar-refractivity contribution in [3.63, 3.8) is 0 Å². The van der Waals surface area contributed by atoms with Gasteiger partial charge in [-0.15, -0.1) is 29.9 Å². The van der Waals surface area contributed by atoms with Gasteiger partial charge in [0.2, 0.25) is 5.89 Å². The molecular formula is C15H21BrCl2N4O2. The van der Waals surface area contributed by atoms with Crippen molar-refractivity contribution in [3.8, 4) is 11.5 Å². The average molecular weight is 440 g/mol. The zero-order chi connectivity index (χ0) is 15.5. The molecule has 0 amide bonds. The van der Waals surface area contributed by atoms with Crippen LogP contribution in [0.4, 0.5) is 5.69 Å². The zero-order valence-electron chi connectivity index (χ0n) is 13.2. The van der Waals surface area contributed by atoms with Crippen molar-refractivity contribution in [1.29, 1.82) is 0 Å². The Morgan fingerprint density at radius 2 is 2.04 bits per heavy atom. The quantitative estimate of drug-likeness (QED) is 0.679. The molecule has 1 aromatic heterocycles. The maximum atomic E-state index is 11.1. The van der Waals surface area contributed by atoms with Crippen molar-refractivity contribution >= 4 is 46.4 Å². The number of aromatic amines is 1. The number of anilines is 1. The Bertz CT molecular complexity index is 701. The third-order valence-corrected chi connectivity index (χ3v) is 4.82. The maximum absolute atomic E-state index is 11.1. The first-order valence-electron chi connectivity index (χ1n) is 7.46. The summed E-state index contributed by atoms with van der Waals surface area (Å²) in [6.07, 6.45) is 2.36. The Morgan fingerprint density at radius 3 is 2.67 bits per heavy atom. The highest BCUT2D eigenvalue weighted by Crippen LogP contribution is 2.30. The SMILES string of the molecule is C[C@H](Nc1cc(-c2n[nH]c(=O)o2)ccc1Br)C1CCNCC1.Cl.Cl. The van der Waals surface area contributed by atoms with E-state index in [2.05, 4.69) is 43.7 Å². The maximum Gasteiger partial charge on any atom is 0.434 e. The number of nitrogens with one attached hydrogen (secondary N) is 3. The zero-order valence-corrected chi connectivity index (χ0v) is 16.4. The van der Waals surface area contributed by atoms with Crippen LogP contribution in [0.1, 0.15) is 19.8 Å². The highest BCUT2D eigenvalue weighted by atomic mass is 79.9. The van der Waals surface area contributed by atoms with Crippen LogP contribution in [0.15, 0.2) is 31.9 Å². The van der Waals surface area contributed by atoms with E-state index in [9.17, 15) is 4.79 Å². The lowest BCUT2D eigenvalue weighted by Gasteiger charge is -2.30. The molecule has 2 heterocycles. The van der Waals surface area contributed by atoms with Crippen LogP contribution in [0.5, 0.6) is 0 Å². The van der Waals surface area contributed by atoms with Crippen molar-refractivity contribution < 1.29 is 4.42 Å². The van der Waals surface area contributed by atoms with E-state index < -0.39 is 5.76 Å². The van der Waals surface area contributed by atoms with Crippen molar-refractivity contribution in [2.45, 2.75) is 25.8 Å². The summed E-state index contributed by atoms with van der Waals surface area (Å²) in [4.78, 5) is 11.1. The summed E-state index contributed by atoms with van der Waals surface area (Å²) in [6.45, 7) is 4.37. The van der Waals surface area contributed by atoms with Crippen molar-refractivity contribution in [1.82, 2.24) is 15.5 Å². The minimum absolute atomic E-state index is 0. The Hall–Kier alpha value is -1.02. The molecule has 0 aliphatic carbocycles. The molecule has 1 fully saturated rings. The van der Waals surface area contributed by atoms with Crippen molar-refractivity contribution in [2.24, 2.45) is 5.92 Å². The molecule has 9 heteroatoms. The van der Waals surface area contributed by atoms with Gasteiger partial charge >= 0.3 is 5.76 Å². The molecule has 1 saturated heterocycles. The molecule has 3 rings (SSSR count). The van der Waals surface area contributed by atoms with Gasteiger partial charge in [-0.05, 0) is 72.9 Å². The Kier molecular flexibility index (Phi) is 8.29. The van der Waals surface area contributed by atoms with Gasteiger partial charge in [0.05, 0.1) is 0 Å². The predicted molar refractivity (Wildman–Crippen MR) is 103 cm³/mol. The Balaban J connectivity index is 0.00000144. The summed E-state index contributed by atoms with van der Waals surface area (Å²) >= 11 is 3.57. The van der Waals surface area contributed by atoms with Gasteiger partial charge in [-0.25, -0.2) is 9.89 Å². The summed E-state index contributed by atoms with van der Waals surface area (Å²) in [5.74, 6) is 0.408. The van der Waals surface area contributed by atoms with Gasteiger partial charge in [0, 0.05) is 21.8 Å². The van der Waals surface area contributed by atoms with E-state index in [4.69, 9.17) is 4.42 Å². The van der Waals surface area contributed by atoms with E-state index in [0.29, 0.717) is 17.9 Å². The molecule has 1 aliphatic heterocycles. The second-order valence-electron chi connectivity index (χ2n) is 5.63. The van der Waals surface area contributed by atoms with Crippen molar-refractivity contribution in [2.75, 3.05) is 18.4 Å². The second kappa shape index (κ2) is 9.46. The summed E-state index contributed by atoms with van der Waals surface area (Å²) in [5.41, 5.74) is 1.75. The number of H-pyrrole nitrogens is 1. The number of hydrogen-bond acceptors (Lipinski definition) is 5. The summed E-state index contributed by atoms with van der Waals surface area (Å²) < 4.78 is 5.99. The van der Waals surface area contributed by atoms with Crippen molar-refractivity contribution in [3.05, 3.63) is 33.2 Å². The summed E-state index contributed by atoms with van der Waals surface area (Å²) in [5, 5.41) is 13.1. The molecule has 6 nitrogen and oxygen atoms in total. The summed E-state index contributed by atoms with van der Waals surface area (Å²) in [7, 11) is 0. The molecule has 3 N–H and O–H groups in total. The van der Waals surface area contributed by atoms with E-state index in [0.717, 1.165) is 28.8 Å². The number of aromatic nitrogens is 2. The molecule has 2 aromatic rings. The fraction of sp³-hybridized carbons (Fsp3) is 0.467. The first-order valence-corrected chi connectivity index (χ1v) is 8.25. The standard InChI is InChI=1S/C15H19BrN4O2.2ClH/c1-9(10-4-6-17-7-5-10)18-13-8-11(2-3-12(13)16)14-19-20-15(21)22-14;;/h2-3,8-10,17-18H,4-7H2,1H3,(H,20,21);2*1H/t9-;;/m0../s1. The van der Waals surface area contributed by atoms with E-state index in [1.807, 2.05) is 18.2 Å². The second-order valence-corrected chi connectivity index (χ2v) is 6.49. The number of benzene rings is 1. The van der Waals surface area contributed by atoms with Gasteiger partial charge in [0.25, 0.3) is 0 Å². The molecule has 1 aromatic carbocycles. The van der Waals surface area contributed by atoms with Gasteiger partial charge < -0.3 is 15.1 Å². The Labute approximate surface area is 161 Å². The first-order chi connectivity index (χ1) is 10.6. The molecule has 134 valence electrons. The highest BCUT2D eigenvalue weighted by molar-refractivity contribution is 9.10. The normalized spacial score (nSPS) is 15.9. The lowest BCUT2D eigenvalue weighted by Crippen LogP contribution is -2.36. The fourth-order valence-electron chi connectivity index (χ4n) is 2.83. The highest BCUT2D eigenvalue weighted by Gasteiger charge is 2.20. The lowest BCUT2D eigenvalue weighted by atomic mass is 9.91. The minimum atomic E-state index is -0.546. The number of rotatable bonds is 4. The van der Waals surface area contributed by atoms with Gasteiger partial charge in [-0.3, -0.25) is 0 Å². The topological polar surface area (TPSA) is 83.0 Å². The summed E-state index contributed by atoms with van der Waals surface area (Å²) in [6, 6.07) is 6.12. The first kappa shape index (κ1) is 21.0. The molecule has 0 unspecified atom stereocenters. The Morgan fingerprint density at radius 1 is 1.33 bits per heavy atom. The molecule has 0 saturated carbocycles.